The largest absolute Gasteiger partial charge is 0.343 e. The smallest absolute Gasteiger partial charge is 0.295 e. The first-order valence-corrected chi connectivity index (χ1v) is 1.74. The molecule has 1 rings (SSSR count). The molecule has 0 aliphatic rings. The van der Waals surface area contributed by atoms with Gasteiger partial charge in [0.25, 0.3) is 0 Å². The van der Waals surface area contributed by atoms with Gasteiger partial charge in [-0.25, -0.2) is 9.48 Å². The molecule has 1 heterocycles. The maximum atomic E-state index is 10.2. The Morgan fingerprint density at radius 1 is 2.00 bits per heavy atom. The molecule has 1 radical (unpaired) electrons. The monoisotopic (exact) mass is 98.0 g/mol. The lowest BCUT2D eigenvalue weighted by Crippen LogP contribution is -2.11. The van der Waals surface area contributed by atoms with Crippen molar-refractivity contribution in [1.29, 1.82) is 0 Å². The van der Waals surface area contributed by atoms with E-state index >= 15 is 0 Å². The van der Waals surface area contributed by atoms with Gasteiger partial charge in [0.15, 0.2) is 0 Å². The normalized spacial score (nSPS) is 9.29. The van der Waals surface area contributed by atoms with Crippen LogP contribution in [0.25, 0.3) is 0 Å². The molecule has 0 aliphatic heterocycles. The summed E-state index contributed by atoms with van der Waals surface area (Å²) in [5, 5.41) is 3.45. The quantitative estimate of drug-likeness (QED) is 0.462. The number of hydrogen-bond acceptors (Lipinski definition) is 2. The van der Waals surface area contributed by atoms with Crippen molar-refractivity contribution < 1.29 is 0 Å². The van der Waals surface area contributed by atoms with Crippen LogP contribution < -0.4 is 5.69 Å². The van der Waals surface area contributed by atoms with Crippen molar-refractivity contribution in [2.45, 2.75) is 0 Å². The van der Waals surface area contributed by atoms with Gasteiger partial charge in [-0.05, 0) is 0 Å². The molecule has 4 nitrogen and oxygen atoms in total. The number of rotatable bonds is 0. The number of hydrogen-bond donors (Lipinski definition) is 1. The van der Waals surface area contributed by atoms with Crippen LogP contribution in [0, 0.1) is 7.05 Å². The summed E-state index contributed by atoms with van der Waals surface area (Å²) in [5.41, 5.74) is -0.292. The Bertz CT molecular complexity index is 198. The Kier molecular flexibility index (Phi) is 0.714. The molecular formula is C3H4N3O. The van der Waals surface area contributed by atoms with Crippen molar-refractivity contribution in [3.05, 3.63) is 23.9 Å². The molecule has 0 aliphatic carbocycles. The predicted octanol–water partition coefficient (Wildman–Crippen LogP) is -0.789. The molecule has 0 bridgehead atoms. The molecular weight excluding hydrogens is 94.1 g/mol. The average molecular weight is 98.1 g/mol. The number of nitrogens with one attached hydrogen (secondary N) is 1. The van der Waals surface area contributed by atoms with Crippen LogP contribution in [0.3, 0.4) is 0 Å². The van der Waals surface area contributed by atoms with Gasteiger partial charge in [-0.3, -0.25) is 4.98 Å². The Morgan fingerprint density at radius 2 is 2.71 bits per heavy atom. The Labute approximate surface area is 39.8 Å². The third-order valence-corrected chi connectivity index (χ3v) is 0.620. The summed E-state index contributed by atoms with van der Waals surface area (Å²) in [6.45, 7) is 0. The predicted molar refractivity (Wildman–Crippen MR) is 23.6 cm³/mol. The summed E-state index contributed by atoms with van der Waals surface area (Å²) in [6, 6.07) is 0. The summed E-state index contributed by atoms with van der Waals surface area (Å²) in [7, 11) is 3.24. The fraction of sp³-hybridized carbons (Fsp3) is 0. The zero-order valence-corrected chi connectivity index (χ0v) is 3.59. The highest BCUT2D eigenvalue weighted by molar-refractivity contribution is 4.59. The van der Waals surface area contributed by atoms with Gasteiger partial charge in [0, 0.05) is 0 Å². The van der Waals surface area contributed by atoms with E-state index in [2.05, 4.69) is 17.1 Å². The van der Waals surface area contributed by atoms with E-state index in [9.17, 15) is 4.79 Å². The van der Waals surface area contributed by atoms with Gasteiger partial charge in [0.05, 0.1) is 7.05 Å². The molecule has 4 heteroatoms. The van der Waals surface area contributed by atoms with Gasteiger partial charge in [-0.15, -0.1) is 0 Å². The average Bonchev–Trinajstić information content (AvgIpc) is 1.91. The lowest BCUT2D eigenvalue weighted by molar-refractivity contribution is 0.839. The number of aromatic amines is 1. The highest BCUT2D eigenvalue weighted by atomic mass is 16.1. The minimum atomic E-state index is -0.292. The van der Waals surface area contributed by atoms with Gasteiger partial charge in [-0.2, -0.15) is 5.10 Å². The Balaban J connectivity index is 3.39. The van der Waals surface area contributed by atoms with Crippen LogP contribution in [0.1, 0.15) is 0 Å². The lowest BCUT2D eigenvalue weighted by Gasteiger charge is -1.73. The van der Waals surface area contributed by atoms with Crippen molar-refractivity contribution in [3.8, 4) is 0 Å². The highest BCUT2D eigenvalue weighted by Gasteiger charge is 1.82. The number of nitrogens with zero attached hydrogens (tertiary/aromatic N) is 2. The summed E-state index contributed by atoms with van der Waals surface area (Å²) in [6.07, 6.45) is 1.29. The van der Waals surface area contributed by atoms with Crippen LogP contribution in [0.2, 0.25) is 0 Å². The summed E-state index contributed by atoms with van der Waals surface area (Å²) >= 11 is 0. The zero-order chi connectivity index (χ0) is 5.28. The van der Waals surface area contributed by atoms with Crippen LogP contribution in [-0.2, 0) is 0 Å². The van der Waals surface area contributed by atoms with E-state index in [1.54, 1.807) is 0 Å². The second kappa shape index (κ2) is 1.22. The second-order valence-electron chi connectivity index (χ2n) is 1.09. The maximum Gasteiger partial charge on any atom is 0.343 e. The Morgan fingerprint density at radius 3 is 2.86 bits per heavy atom. The SMILES string of the molecule is [CH2]n1nc[nH]c1=O. The zero-order valence-electron chi connectivity index (χ0n) is 3.59. The molecule has 0 spiro atoms. The van der Waals surface area contributed by atoms with E-state index in [-0.39, 0.29) is 5.69 Å². The first-order chi connectivity index (χ1) is 3.30. The van der Waals surface area contributed by atoms with Crippen molar-refractivity contribution in [2.24, 2.45) is 0 Å². The molecule has 1 N–H and O–H groups in total. The highest BCUT2D eigenvalue weighted by Crippen LogP contribution is 1.56. The fourth-order valence-electron chi connectivity index (χ4n) is 0.281. The van der Waals surface area contributed by atoms with Gasteiger partial charge < -0.3 is 0 Å². The molecule has 0 atom stereocenters. The van der Waals surface area contributed by atoms with E-state index in [1.807, 2.05) is 0 Å². The molecule has 0 unspecified atom stereocenters. The molecule has 0 aromatic carbocycles. The number of H-pyrrole nitrogens is 1. The molecule has 0 amide bonds. The molecule has 0 fully saturated rings. The summed E-state index contributed by atoms with van der Waals surface area (Å²) in [4.78, 5) is 12.5. The first kappa shape index (κ1) is 4.11. The molecule has 1 aromatic heterocycles. The first-order valence-electron chi connectivity index (χ1n) is 1.74. The van der Waals surface area contributed by atoms with Gasteiger partial charge in [0.2, 0.25) is 0 Å². The van der Waals surface area contributed by atoms with Gasteiger partial charge in [-0.1, -0.05) is 0 Å². The summed E-state index contributed by atoms with van der Waals surface area (Å²) in [5.74, 6) is 0. The standard InChI is InChI=1S/C3H4N3O/c1-6-3(7)4-2-5-6/h2H,1H2,(H,4,5,7). The van der Waals surface area contributed by atoms with Crippen molar-refractivity contribution in [2.75, 3.05) is 0 Å². The third-order valence-electron chi connectivity index (χ3n) is 0.620. The van der Waals surface area contributed by atoms with Crippen molar-refractivity contribution in [3.63, 3.8) is 0 Å². The van der Waals surface area contributed by atoms with Crippen LogP contribution >= 0.6 is 0 Å². The Hall–Kier alpha value is -1.06. The second-order valence-corrected chi connectivity index (χ2v) is 1.09. The van der Waals surface area contributed by atoms with E-state index < -0.39 is 0 Å². The topological polar surface area (TPSA) is 50.7 Å². The van der Waals surface area contributed by atoms with E-state index in [4.69, 9.17) is 0 Å². The molecule has 7 heavy (non-hydrogen) atoms. The van der Waals surface area contributed by atoms with E-state index in [0.717, 1.165) is 4.68 Å². The third kappa shape index (κ3) is 0.534. The lowest BCUT2D eigenvalue weighted by atomic mass is 11.2. The molecule has 0 saturated carbocycles. The van der Waals surface area contributed by atoms with E-state index in [0.29, 0.717) is 0 Å². The molecule has 1 aromatic rings. The minimum absolute atomic E-state index is 0.292. The summed E-state index contributed by atoms with van der Waals surface area (Å²) < 4.78 is 0.972. The van der Waals surface area contributed by atoms with Gasteiger partial charge in [0.1, 0.15) is 6.33 Å². The number of aromatic nitrogens is 3. The van der Waals surface area contributed by atoms with Crippen molar-refractivity contribution >= 4 is 0 Å². The van der Waals surface area contributed by atoms with Crippen molar-refractivity contribution in [1.82, 2.24) is 14.8 Å². The van der Waals surface area contributed by atoms with Crippen LogP contribution in [0.15, 0.2) is 11.1 Å². The molecule has 37 valence electrons. The molecule has 0 saturated heterocycles. The van der Waals surface area contributed by atoms with Crippen LogP contribution in [0.4, 0.5) is 0 Å². The van der Waals surface area contributed by atoms with E-state index in [1.165, 1.54) is 6.33 Å². The minimum Gasteiger partial charge on any atom is -0.295 e. The van der Waals surface area contributed by atoms with Gasteiger partial charge >= 0.3 is 5.69 Å². The maximum absolute atomic E-state index is 10.2. The fourth-order valence-corrected chi connectivity index (χ4v) is 0.281. The van der Waals surface area contributed by atoms with Crippen LogP contribution in [0.5, 0.6) is 0 Å². The van der Waals surface area contributed by atoms with Crippen LogP contribution in [-0.4, -0.2) is 14.8 Å².